The molecular weight excluding hydrogens is 374 g/mol. The van der Waals surface area contributed by atoms with Crippen LogP contribution in [0.1, 0.15) is 37.3 Å². The van der Waals surface area contributed by atoms with Crippen molar-refractivity contribution >= 4 is 23.9 Å². The van der Waals surface area contributed by atoms with Gasteiger partial charge in [0.2, 0.25) is 0 Å². The van der Waals surface area contributed by atoms with E-state index >= 15 is 0 Å². The molecule has 0 bridgehead atoms. The first-order chi connectivity index (χ1) is 13.1. The number of hydrogen-bond donors (Lipinski definition) is 2. The number of hydrogen-bond acceptors (Lipinski definition) is 3. The van der Waals surface area contributed by atoms with Gasteiger partial charge < -0.3 is 15.2 Å². The highest BCUT2D eigenvalue weighted by Gasteiger charge is 1.99. The average Bonchev–Trinajstić information content (AvgIpc) is 2.68. The molecule has 0 fully saturated rings. The Hall–Kier alpha value is -2.30. The molecule has 4 nitrogen and oxygen atoms in total. The lowest BCUT2D eigenvalue weighted by Crippen LogP contribution is -2.18. The summed E-state index contributed by atoms with van der Waals surface area (Å²) < 4.78 is 5.83. The number of ether oxygens (including phenoxy) is 1. The number of halogens is 1. The maximum absolute atomic E-state index is 10.5. The summed E-state index contributed by atoms with van der Waals surface area (Å²) in [6, 6.07) is 18.7. The summed E-state index contributed by atoms with van der Waals surface area (Å²) in [6.45, 7) is 3.93. The first-order valence-corrected chi connectivity index (χ1v) is 9.51. The number of carboxylic acid groups (broad SMARTS) is 1. The smallest absolute Gasteiger partial charge is 0.304 e. The molecule has 0 aromatic heterocycles. The standard InChI is InChI=1S/C23H29NO3.ClH/c1-19(14-16-24-17-15-23(25)26)21-10-12-22(13-11-21)27-18-6-5-9-20-7-3-2-4-8-20;/h2-4,7-8,10-14,24H,5-6,9,15-18H2,1H3,(H,25,26);1H. The van der Waals surface area contributed by atoms with Crippen LogP contribution < -0.4 is 10.1 Å². The highest BCUT2D eigenvalue weighted by Crippen LogP contribution is 2.18. The Morgan fingerprint density at radius 3 is 2.46 bits per heavy atom. The quantitative estimate of drug-likeness (QED) is 0.491. The van der Waals surface area contributed by atoms with Crippen molar-refractivity contribution in [2.24, 2.45) is 0 Å². The van der Waals surface area contributed by atoms with Crippen molar-refractivity contribution < 1.29 is 14.6 Å². The van der Waals surface area contributed by atoms with E-state index in [9.17, 15) is 4.79 Å². The third-order valence-corrected chi connectivity index (χ3v) is 4.35. The zero-order valence-corrected chi connectivity index (χ0v) is 17.2. The van der Waals surface area contributed by atoms with Crippen LogP contribution in [-0.4, -0.2) is 30.8 Å². The van der Waals surface area contributed by atoms with Crippen molar-refractivity contribution in [3.8, 4) is 5.75 Å². The van der Waals surface area contributed by atoms with E-state index in [-0.39, 0.29) is 18.8 Å². The van der Waals surface area contributed by atoms with Crippen molar-refractivity contribution in [1.29, 1.82) is 0 Å². The molecule has 28 heavy (non-hydrogen) atoms. The van der Waals surface area contributed by atoms with E-state index in [1.807, 2.05) is 18.2 Å². The van der Waals surface area contributed by atoms with Crippen LogP contribution in [0.25, 0.3) is 5.57 Å². The lowest BCUT2D eigenvalue weighted by atomic mass is 10.1. The van der Waals surface area contributed by atoms with E-state index in [1.54, 1.807) is 0 Å². The highest BCUT2D eigenvalue weighted by atomic mass is 35.5. The molecule has 152 valence electrons. The van der Waals surface area contributed by atoms with Crippen molar-refractivity contribution in [1.82, 2.24) is 5.32 Å². The Kier molecular flexibility index (Phi) is 11.7. The molecule has 5 heteroatoms. The number of aryl methyl sites for hydroxylation is 1. The first-order valence-electron chi connectivity index (χ1n) is 9.51. The van der Waals surface area contributed by atoms with Crippen LogP contribution in [0.4, 0.5) is 0 Å². The molecule has 2 N–H and O–H groups in total. The van der Waals surface area contributed by atoms with Crippen LogP contribution >= 0.6 is 12.4 Å². The van der Waals surface area contributed by atoms with Gasteiger partial charge in [-0.3, -0.25) is 4.79 Å². The van der Waals surface area contributed by atoms with Crippen molar-refractivity contribution in [2.75, 3.05) is 19.7 Å². The van der Waals surface area contributed by atoms with Gasteiger partial charge in [-0.1, -0.05) is 48.5 Å². The number of aliphatic carboxylic acids is 1. The van der Waals surface area contributed by atoms with E-state index in [0.717, 1.165) is 42.8 Å². The van der Waals surface area contributed by atoms with Crippen molar-refractivity contribution in [3.05, 3.63) is 71.8 Å². The fourth-order valence-electron chi connectivity index (χ4n) is 2.72. The van der Waals surface area contributed by atoms with Crippen LogP contribution in [0.15, 0.2) is 60.7 Å². The van der Waals surface area contributed by atoms with Gasteiger partial charge in [-0.2, -0.15) is 0 Å². The number of carboxylic acids is 1. The number of benzene rings is 2. The van der Waals surface area contributed by atoms with Crippen LogP contribution in [0.2, 0.25) is 0 Å². The number of rotatable bonds is 12. The zero-order chi connectivity index (χ0) is 19.3. The highest BCUT2D eigenvalue weighted by molar-refractivity contribution is 5.85. The van der Waals surface area contributed by atoms with Crippen molar-refractivity contribution in [2.45, 2.75) is 32.6 Å². The second-order valence-corrected chi connectivity index (χ2v) is 6.55. The molecule has 0 aliphatic carbocycles. The molecule has 0 spiro atoms. The molecule has 0 radical (unpaired) electrons. The molecule has 0 heterocycles. The summed E-state index contributed by atoms with van der Waals surface area (Å²) in [5.74, 6) is 0.115. The van der Waals surface area contributed by atoms with Gasteiger partial charge >= 0.3 is 5.97 Å². The summed E-state index contributed by atoms with van der Waals surface area (Å²) in [4.78, 5) is 10.5. The minimum absolute atomic E-state index is 0. The Balaban J connectivity index is 0.00000392. The second-order valence-electron chi connectivity index (χ2n) is 6.55. The monoisotopic (exact) mass is 403 g/mol. The number of unbranched alkanes of at least 4 members (excludes halogenated alkanes) is 1. The minimum atomic E-state index is -0.779. The van der Waals surface area contributed by atoms with Gasteiger partial charge in [-0.25, -0.2) is 0 Å². The number of nitrogens with one attached hydrogen (secondary N) is 1. The normalized spacial score (nSPS) is 11.0. The molecule has 0 aliphatic heterocycles. The minimum Gasteiger partial charge on any atom is -0.494 e. The third-order valence-electron chi connectivity index (χ3n) is 4.35. The van der Waals surface area contributed by atoms with Crippen molar-refractivity contribution in [3.63, 3.8) is 0 Å². The molecule has 2 aromatic rings. The predicted octanol–water partition coefficient (Wildman–Crippen LogP) is 4.98. The summed E-state index contributed by atoms with van der Waals surface area (Å²) in [5.41, 5.74) is 3.68. The largest absolute Gasteiger partial charge is 0.494 e. The number of allylic oxidation sites excluding steroid dienone is 1. The lowest BCUT2D eigenvalue weighted by Gasteiger charge is -2.08. The molecule has 2 aromatic carbocycles. The average molecular weight is 404 g/mol. The summed E-state index contributed by atoms with van der Waals surface area (Å²) >= 11 is 0. The fraction of sp³-hybridized carbons (Fsp3) is 0.348. The third kappa shape index (κ3) is 9.58. The molecule has 2 rings (SSSR count). The Morgan fingerprint density at radius 1 is 1.07 bits per heavy atom. The summed E-state index contributed by atoms with van der Waals surface area (Å²) in [6.07, 6.45) is 5.47. The second kappa shape index (κ2) is 13.8. The van der Waals surface area contributed by atoms with E-state index in [4.69, 9.17) is 9.84 Å². The van der Waals surface area contributed by atoms with Crippen LogP contribution in [0.5, 0.6) is 5.75 Å². The predicted molar refractivity (Wildman–Crippen MR) is 117 cm³/mol. The zero-order valence-electron chi connectivity index (χ0n) is 16.4. The van der Waals surface area contributed by atoms with E-state index < -0.39 is 5.97 Å². The maximum Gasteiger partial charge on any atom is 0.304 e. The molecule has 0 aliphatic rings. The van der Waals surface area contributed by atoms with Gasteiger partial charge in [0, 0.05) is 13.1 Å². The lowest BCUT2D eigenvalue weighted by molar-refractivity contribution is -0.136. The summed E-state index contributed by atoms with van der Waals surface area (Å²) in [7, 11) is 0. The van der Waals surface area contributed by atoms with Gasteiger partial charge in [-0.15, -0.1) is 12.4 Å². The molecular formula is C23H30ClNO3. The van der Waals surface area contributed by atoms with Gasteiger partial charge in [0.15, 0.2) is 0 Å². The molecule has 0 unspecified atom stereocenters. The Morgan fingerprint density at radius 2 is 1.79 bits per heavy atom. The van der Waals surface area contributed by atoms with Gasteiger partial charge in [0.1, 0.15) is 5.75 Å². The van der Waals surface area contributed by atoms with Gasteiger partial charge in [0.25, 0.3) is 0 Å². The van der Waals surface area contributed by atoms with E-state index in [1.165, 1.54) is 5.56 Å². The molecule has 0 atom stereocenters. The van der Waals surface area contributed by atoms with Crippen LogP contribution in [-0.2, 0) is 11.2 Å². The van der Waals surface area contributed by atoms with Crippen LogP contribution in [0, 0.1) is 0 Å². The topological polar surface area (TPSA) is 58.6 Å². The Labute approximate surface area is 174 Å². The SMILES string of the molecule is CC(=CCNCCC(=O)O)c1ccc(OCCCCc2ccccc2)cc1.Cl. The maximum atomic E-state index is 10.5. The first kappa shape index (κ1) is 23.7. The number of carbonyl (C=O) groups is 1. The van der Waals surface area contributed by atoms with Gasteiger partial charge in [0.05, 0.1) is 13.0 Å². The fourth-order valence-corrected chi connectivity index (χ4v) is 2.72. The Bertz CT molecular complexity index is 714. The van der Waals surface area contributed by atoms with Gasteiger partial charge in [-0.05, 0) is 55.0 Å². The summed E-state index contributed by atoms with van der Waals surface area (Å²) in [5, 5.41) is 11.7. The van der Waals surface area contributed by atoms with E-state index in [2.05, 4.69) is 54.7 Å². The van der Waals surface area contributed by atoms with Crippen LogP contribution in [0.3, 0.4) is 0 Å². The van der Waals surface area contributed by atoms with E-state index in [0.29, 0.717) is 13.1 Å². The molecule has 0 amide bonds. The molecule has 0 saturated heterocycles. The molecule has 0 saturated carbocycles.